The Hall–Kier alpha value is -2.95. The zero-order chi connectivity index (χ0) is 17.9. The SMILES string of the molecule is N#CC1(NC(=O)Cn2nc(-c3ccc(F)cc3)oc2=O)CCCCC1. The predicted molar refractivity (Wildman–Crippen MR) is 85.7 cm³/mol. The Morgan fingerprint density at radius 1 is 1.32 bits per heavy atom. The molecule has 1 aromatic carbocycles. The number of benzene rings is 1. The lowest BCUT2D eigenvalue weighted by Gasteiger charge is -2.31. The van der Waals surface area contributed by atoms with Gasteiger partial charge in [-0.1, -0.05) is 19.3 Å². The highest BCUT2D eigenvalue weighted by molar-refractivity contribution is 5.77. The van der Waals surface area contributed by atoms with E-state index in [1.165, 1.54) is 24.3 Å². The van der Waals surface area contributed by atoms with Gasteiger partial charge in [-0.3, -0.25) is 4.79 Å². The molecule has 0 saturated heterocycles. The largest absolute Gasteiger partial charge is 0.437 e. The van der Waals surface area contributed by atoms with Crippen LogP contribution < -0.4 is 11.1 Å². The molecule has 1 heterocycles. The number of carbonyl (C=O) groups excluding carboxylic acids is 1. The van der Waals surface area contributed by atoms with Gasteiger partial charge in [0, 0.05) is 5.56 Å². The number of nitriles is 1. The minimum atomic E-state index is -0.873. The summed E-state index contributed by atoms with van der Waals surface area (Å²) in [5, 5.41) is 16.1. The maximum Gasteiger partial charge on any atom is 0.437 e. The fourth-order valence-corrected chi connectivity index (χ4v) is 2.98. The molecule has 0 atom stereocenters. The molecule has 1 aliphatic rings. The zero-order valence-electron chi connectivity index (χ0n) is 13.5. The van der Waals surface area contributed by atoms with Gasteiger partial charge in [0.2, 0.25) is 11.8 Å². The van der Waals surface area contributed by atoms with Crippen molar-refractivity contribution in [3.63, 3.8) is 0 Å². The Balaban J connectivity index is 1.72. The molecule has 0 bridgehead atoms. The lowest BCUT2D eigenvalue weighted by molar-refractivity contribution is -0.123. The first kappa shape index (κ1) is 16.9. The Kier molecular flexibility index (Phi) is 4.65. The molecule has 2 aromatic rings. The first-order valence-electron chi connectivity index (χ1n) is 8.07. The molecule has 130 valence electrons. The smallest absolute Gasteiger partial charge is 0.388 e. The number of nitrogens with one attached hydrogen (secondary N) is 1. The van der Waals surface area contributed by atoms with E-state index in [0.717, 1.165) is 23.9 Å². The molecule has 1 fully saturated rings. The molecule has 0 aliphatic heterocycles. The summed E-state index contributed by atoms with van der Waals surface area (Å²) in [6.45, 7) is -0.340. The maximum atomic E-state index is 13.0. The van der Waals surface area contributed by atoms with Crippen LogP contribution in [0.3, 0.4) is 0 Å². The minimum Gasteiger partial charge on any atom is -0.388 e. The van der Waals surface area contributed by atoms with Gasteiger partial charge >= 0.3 is 5.76 Å². The van der Waals surface area contributed by atoms with Crippen molar-refractivity contribution in [1.29, 1.82) is 5.26 Å². The molecule has 1 aromatic heterocycles. The average Bonchev–Trinajstić information content (AvgIpc) is 2.97. The standard InChI is InChI=1S/C17H17FN4O3/c18-13-6-4-12(5-7-13)15-21-22(16(24)25-15)10-14(23)20-17(11-19)8-2-1-3-9-17/h4-7H,1-3,8-10H2,(H,20,23). The second-order valence-corrected chi connectivity index (χ2v) is 6.14. The molecular formula is C17H17FN4O3. The van der Waals surface area contributed by atoms with Crippen LogP contribution in [0, 0.1) is 17.1 Å². The summed E-state index contributed by atoms with van der Waals surface area (Å²) in [7, 11) is 0. The molecule has 1 saturated carbocycles. The number of hydrogen-bond acceptors (Lipinski definition) is 5. The second kappa shape index (κ2) is 6.89. The van der Waals surface area contributed by atoms with Gasteiger partial charge in [-0.05, 0) is 37.1 Å². The van der Waals surface area contributed by atoms with E-state index in [-0.39, 0.29) is 12.4 Å². The summed E-state index contributed by atoms with van der Waals surface area (Å²) in [6.07, 6.45) is 4.01. The van der Waals surface area contributed by atoms with E-state index in [9.17, 15) is 19.2 Å². The van der Waals surface area contributed by atoms with E-state index in [2.05, 4.69) is 16.5 Å². The lowest BCUT2D eigenvalue weighted by atomic mass is 9.83. The molecule has 3 rings (SSSR count). The van der Waals surface area contributed by atoms with Crippen molar-refractivity contribution in [3.8, 4) is 17.5 Å². The van der Waals surface area contributed by atoms with Crippen LogP contribution in [0.25, 0.3) is 11.5 Å². The van der Waals surface area contributed by atoms with Crippen LogP contribution in [0.5, 0.6) is 0 Å². The number of hydrogen-bond donors (Lipinski definition) is 1. The lowest BCUT2D eigenvalue weighted by Crippen LogP contribution is -2.50. The summed E-state index contributed by atoms with van der Waals surface area (Å²) in [5.74, 6) is -1.67. The van der Waals surface area contributed by atoms with Gasteiger partial charge in [0.1, 0.15) is 17.9 Å². The van der Waals surface area contributed by atoms with Crippen molar-refractivity contribution in [2.75, 3.05) is 0 Å². The highest BCUT2D eigenvalue weighted by Gasteiger charge is 2.33. The molecule has 1 aliphatic carbocycles. The molecule has 1 amide bonds. The Labute approximate surface area is 143 Å². The molecule has 25 heavy (non-hydrogen) atoms. The van der Waals surface area contributed by atoms with Crippen LogP contribution in [0.15, 0.2) is 33.5 Å². The number of halogens is 1. The third-order valence-electron chi connectivity index (χ3n) is 4.29. The van der Waals surface area contributed by atoms with E-state index in [0.29, 0.717) is 18.4 Å². The van der Waals surface area contributed by atoms with Crippen molar-refractivity contribution in [1.82, 2.24) is 15.1 Å². The highest BCUT2D eigenvalue weighted by atomic mass is 19.1. The van der Waals surface area contributed by atoms with Gasteiger partial charge in [-0.2, -0.15) is 9.94 Å². The van der Waals surface area contributed by atoms with Crippen molar-refractivity contribution in [2.45, 2.75) is 44.2 Å². The summed E-state index contributed by atoms with van der Waals surface area (Å²) in [4.78, 5) is 24.1. The highest BCUT2D eigenvalue weighted by Crippen LogP contribution is 2.27. The van der Waals surface area contributed by atoms with Crippen LogP contribution in [0.2, 0.25) is 0 Å². The van der Waals surface area contributed by atoms with Gasteiger partial charge in [-0.25, -0.2) is 9.18 Å². The zero-order valence-corrected chi connectivity index (χ0v) is 13.5. The Morgan fingerprint density at radius 3 is 2.64 bits per heavy atom. The minimum absolute atomic E-state index is 0.00506. The van der Waals surface area contributed by atoms with Gasteiger partial charge < -0.3 is 9.73 Å². The van der Waals surface area contributed by atoms with Crippen molar-refractivity contribution >= 4 is 5.91 Å². The van der Waals surface area contributed by atoms with Crippen LogP contribution in [0.1, 0.15) is 32.1 Å². The number of aromatic nitrogens is 2. The van der Waals surface area contributed by atoms with Crippen LogP contribution in [-0.4, -0.2) is 21.2 Å². The van der Waals surface area contributed by atoms with Gasteiger partial charge in [0.25, 0.3) is 0 Å². The Morgan fingerprint density at radius 2 is 2.00 bits per heavy atom. The quantitative estimate of drug-likeness (QED) is 0.914. The third-order valence-corrected chi connectivity index (χ3v) is 4.29. The van der Waals surface area contributed by atoms with E-state index in [1.54, 1.807) is 0 Å². The summed E-state index contributed by atoms with van der Waals surface area (Å²) in [5.41, 5.74) is -0.443. The molecular weight excluding hydrogens is 327 g/mol. The van der Waals surface area contributed by atoms with Crippen LogP contribution in [0.4, 0.5) is 4.39 Å². The summed E-state index contributed by atoms with van der Waals surface area (Å²) in [6, 6.07) is 7.49. The van der Waals surface area contributed by atoms with Crippen molar-refractivity contribution < 1.29 is 13.6 Å². The number of rotatable bonds is 4. The van der Waals surface area contributed by atoms with Gasteiger partial charge in [-0.15, -0.1) is 5.10 Å². The normalized spacial score (nSPS) is 16.2. The average molecular weight is 344 g/mol. The summed E-state index contributed by atoms with van der Waals surface area (Å²) < 4.78 is 18.9. The monoisotopic (exact) mass is 344 g/mol. The van der Waals surface area contributed by atoms with Crippen molar-refractivity contribution in [2.24, 2.45) is 0 Å². The number of amides is 1. The van der Waals surface area contributed by atoms with E-state index < -0.39 is 23.0 Å². The maximum absolute atomic E-state index is 13.0. The molecule has 1 N–H and O–H groups in total. The van der Waals surface area contributed by atoms with E-state index in [4.69, 9.17) is 4.42 Å². The van der Waals surface area contributed by atoms with Gasteiger partial charge in [0.05, 0.1) is 6.07 Å². The number of carbonyl (C=O) groups is 1. The van der Waals surface area contributed by atoms with Crippen LogP contribution >= 0.6 is 0 Å². The number of nitrogens with zero attached hydrogens (tertiary/aromatic N) is 3. The first-order chi connectivity index (χ1) is 12.0. The fourth-order valence-electron chi connectivity index (χ4n) is 2.98. The molecule has 7 nitrogen and oxygen atoms in total. The van der Waals surface area contributed by atoms with E-state index in [1.807, 2.05) is 0 Å². The van der Waals surface area contributed by atoms with Crippen molar-refractivity contribution in [3.05, 3.63) is 40.6 Å². The van der Waals surface area contributed by atoms with E-state index >= 15 is 0 Å². The summed E-state index contributed by atoms with van der Waals surface area (Å²) >= 11 is 0. The Bertz CT molecular complexity index is 857. The second-order valence-electron chi connectivity index (χ2n) is 6.14. The van der Waals surface area contributed by atoms with Crippen LogP contribution in [-0.2, 0) is 11.3 Å². The fraction of sp³-hybridized carbons (Fsp3) is 0.412. The first-order valence-corrected chi connectivity index (χ1v) is 8.07. The van der Waals surface area contributed by atoms with Gasteiger partial charge in [0.15, 0.2) is 0 Å². The molecule has 8 heteroatoms. The molecule has 0 radical (unpaired) electrons. The topological polar surface area (TPSA) is 101 Å². The molecule has 0 spiro atoms. The predicted octanol–water partition coefficient (Wildman–Crippen LogP) is 1.99. The third kappa shape index (κ3) is 3.76. The molecule has 0 unspecified atom stereocenters.